The molecule has 10 nitrogen and oxygen atoms in total. The molecule has 0 radical (unpaired) electrons. The number of carbonyl (C=O) groups is 3. The monoisotopic (exact) mass is 519 g/mol. The van der Waals surface area contributed by atoms with Crippen LogP contribution in [0.15, 0.2) is 54.6 Å². The van der Waals surface area contributed by atoms with Crippen molar-refractivity contribution < 1.29 is 28.8 Å². The lowest BCUT2D eigenvalue weighted by molar-refractivity contribution is -0.384. The molecule has 0 bridgehead atoms. The Kier molecular flexibility index (Phi) is 7.18. The molecule has 0 aliphatic carbocycles. The predicted molar refractivity (Wildman–Crippen MR) is 128 cm³/mol. The average molecular weight is 520 g/mol. The molecule has 2 aliphatic heterocycles. The quantitative estimate of drug-likeness (QED) is 0.185. The van der Waals surface area contributed by atoms with Gasteiger partial charge in [0.05, 0.1) is 9.80 Å². The molecule has 4 atom stereocenters. The minimum absolute atomic E-state index is 0.0750. The highest BCUT2D eigenvalue weighted by Crippen LogP contribution is 2.45. The summed E-state index contributed by atoms with van der Waals surface area (Å²) in [5, 5.41) is 13.0. The van der Waals surface area contributed by atoms with Crippen LogP contribution in [0, 0.1) is 10.1 Å². The van der Waals surface area contributed by atoms with Gasteiger partial charge >= 0.3 is 5.97 Å². The maximum absolute atomic E-state index is 13.0. The molecule has 2 heterocycles. The molecule has 2 amide bonds. The van der Waals surface area contributed by atoms with Crippen molar-refractivity contribution in [2.45, 2.75) is 35.9 Å². The van der Waals surface area contributed by atoms with Crippen LogP contribution in [0.1, 0.15) is 12.5 Å². The summed E-state index contributed by atoms with van der Waals surface area (Å²) in [5.41, 5.74) is 0.481. The number of hydrogen-bond acceptors (Lipinski definition) is 8. The minimum atomic E-state index is -1.07. The van der Waals surface area contributed by atoms with Crippen molar-refractivity contribution in [1.29, 1.82) is 0 Å². The second kappa shape index (κ2) is 10.1. The van der Waals surface area contributed by atoms with E-state index < -0.39 is 45.0 Å². The maximum atomic E-state index is 13.0. The third-order valence-electron chi connectivity index (χ3n) is 5.65. The number of benzene rings is 2. The van der Waals surface area contributed by atoms with Gasteiger partial charge in [0.15, 0.2) is 12.6 Å². The largest absolute Gasteiger partial charge is 0.484 e. The smallest absolute Gasteiger partial charge is 0.331 e. The Hall–Kier alpha value is -3.31. The Balaban J connectivity index is 1.36. The van der Waals surface area contributed by atoms with Crippen molar-refractivity contribution in [2.75, 3.05) is 12.4 Å². The number of hydrogen-bond donors (Lipinski definition) is 1. The van der Waals surface area contributed by atoms with E-state index in [1.54, 1.807) is 31.2 Å². The molecule has 2 aromatic carbocycles. The van der Waals surface area contributed by atoms with E-state index in [0.717, 1.165) is 0 Å². The van der Waals surface area contributed by atoms with Gasteiger partial charge in [0.25, 0.3) is 11.6 Å². The number of fused-ring (bicyclic) bond motifs is 1. The zero-order chi connectivity index (χ0) is 25.2. The first-order chi connectivity index (χ1) is 16.7. The van der Waals surface area contributed by atoms with E-state index in [0.29, 0.717) is 17.1 Å². The molecule has 2 fully saturated rings. The Morgan fingerprint density at radius 3 is 2.57 bits per heavy atom. The van der Waals surface area contributed by atoms with Gasteiger partial charge in [-0.1, -0.05) is 18.2 Å². The summed E-state index contributed by atoms with van der Waals surface area (Å²) in [7, 11) is 0. The molecule has 35 heavy (non-hydrogen) atoms. The first-order valence-electron chi connectivity index (χ1n) is 10.7. The first-order valence-corrected chi connectivity index (χ1v) is 12.1. The van der Waals surface area contributed by atoms with E-state index in [-0.39, 0.29) is 18.9 Å². The molecule has 0 spiro atoms. The molecule has 2 saturated heterocycles. The number of thioether (sulfide) groups is 1. The normalized spacial score (nSPS) is 25.1. The summed E-state index contributed by atoms with van der Waals surface area (Å²) >= 11 is 7.98. The van der Waals surface area contributed by atoms with E-state index in [2.05, 4.69) is 5.32 Å². The van der Waals surface area contributed by atoms with Crippen LogP contribution in [0.4, 0.5) is 5.69 Å². The number of nitro benzene ring substituents is 1. The number of amides is 2. The average Bonchev–Trinajstić information content (AvgIpc) is 2.85. The molecule has 12 heteroatoms. The number of nitro groups is 1. The van der Waals surface area contributed by atoms with E-state index in [4.69, 9.17) is 21.1 Å². The van der Waals surface area contributed by atoms with Crippen molar-refractivity contribution in [3.05, 3.63) is 70.3 Å². The number of alkyl halides is 1. The van der Waals surface area contributed by atoms with Crippen molar-refractivity contribution in [3.63, 3.8) is 0 Å². The SMILES string of the molecule is C[C@@]1(Cl)CS[C@@H]2[C@H](NC(=O)COc3ccccc3)C(=O)N2[C@H]1C(=O)OCc1ccc([N+](=O)[O-])cc1. The van der Waals surface area contributed by atoms with Crippen molar-refractivity contribution in [3.8, 4) is 5.75 Å². The third kappa shape index (κ3) is 5.35. The van der Waals surface area contributed by atoms with E-state index >= 15 is 0 Å². The molecule has 184 valence electrons. The number of para-hydroxylation sites is 1. The fourth-order valence-electron chi connectivity index (χ4n) is 3.87. The van der Waals surface area contributed by atoms with Gasteiger partial charge in [0.1, 0.15) is 23.8 Å². The number of halogens is 1. The summed E-state index contributed by atoms with van der Waals surface area (Å²) in [5.74, 6) is -0.683. The fraction of sp³-hybridized carbons (Fsp3) is 0.348. The first kappa shape index (κ1) is 24.8. The number of carbonyl (C=O) groups excluding carboxylic acids is 3. The van der Waals surface area contributed by atoms with Crippen LogP contribution in [0.3, 0.4) is 0 Å². The van der Waals surface area contributed by atoms with Gasteiger partial charge < -0.3 is 19.7 Å². The zero-order valence-electron chi connectivity index (χ0n) is 18.6. The summed E-state index contributed by atoms with van der Waals surface area (Å²) in [4.78, 5) is 48.7. The highest BCUT2D eigenvalue weighted by Gasteiger charge is 2.61. The van der Waals surface area contributed by atoms with Gasteiger partial charge in [-0.15, -0.1) is 23.4 Å². The van der Waals surface area contributed by atoms with Gasteiger partial charge in [0.2, 0.25) is 5.91 Å². The van der Waals surface area contributed by atoms with Gasteiger partial charge in [-0.25, -0.2) is 4.79 Å². The highest BCUT2D eigenvalue weighted by atomic mass is 35.5. The number of ether oxygens (including phenoxy) is 2. The van der Waals surface area contributed by atoms with Crippen LogP contribution in [-0.4, -0.2) is 62.3 Å². The van der Waals surface area contributed by atoms with Crippen LogP contribution in [0.2, 0.25) is 0 Å². The van der Waals surface area contributed by atoms with E-state index in [1.165, 1.54) is 40.9 Å². The molecule has 0 unspecified atom stereocenters. The topological polar surface area (TPSA) is 128 Å². The van der Waals surface area contributed by atoms with Gasteiger partial charge in [0, 0.05) is 17.9 Å². The second-order valence-corrected chi connectivity index (χ2v) is 10.3. The number of rotatable bonds is 8. The molecule has 1 N–H and O–H groups in total. The summed E-state index contributed by atoms with van der Waals surface area (Å²) in [6, 6.07) is 12.6. The zero-order valence-corrected chi connectivity index (χ0v) is 20.2. The maximum Gasteiger partial charge on any atom is 0.331 e. The Bertz CT molecular complexity index is 1130. The van der Waals surface area contributed by atoms with E-state index in [1.807, 2.05) is 6.07 Å². The lowest BCUT2D eigenvalue weighted by atomic mass is 9.94. The second-order valence-electron chi connectivity index (χ2n) is 8.31. The lowest BCUT2D eigenvalue weighted by Gasteiger charge is -2.56. The summed E-state index contributed by atoms with van der Waals surface area (Å²) in [6.07, 6.45) is 0. The molecule has 2 aromatic rings. The van der Waals surface area contributed by atoms with Crippen LogP contribution >= 0.6 is 23.4 Å². The minimum Gasteiger partial charge on any atom is -0.484 e. The molecular formula is C23H22ClN3O7S. The fourth-order valence-corrected chi connectivity index (χ4v) is 5.68. The number of nitrogens with zero attached hydrogens (tertiary/aromatic N) is 2. The van der Waals surface area contributed by atoms with E-state index in [9.17, 15) is 24.5 Å². The number of non-ortho nitro benzene ring substituents is 1. The number of nitrogens with one attached hydrogen (secondary N) is 1. The van der Waals surface area contributed by atoms with Crippen LogP contribution in [-0.2, 0) is 25.7 Å². The van der Waals surface area contributed by atoms with Crippen molar-refractivity contribution in [2.24, 2.45) is 0 Å². The van der Waals surface area contributed by atoms with Gasteiger partial charge in [-0.2, -0.15) is 0 Å². The molecule has 0 saturated carbocycles. The van der Waals surface area contributed by atoms with Gasteiger partial charge in [-0.05, 0) is 36.8 Å². The van der Waals surface area contributed by atoms with Crippen molar-refractivity contribution >= 4 is 46.8 Å². The van der Waals surface area contributed by atoms with Crippen LogP contribution < -0.4 is 10.1 Å². The van der Waals surface area contributed by atoms with Gasteiger partial charge in [-0.3, -0.25) is 19.7 Å². The molecular weight excluding hydrogens is 498 g/mol. The summed E-state index contributed by atoms with van der Waals surface area (Å²) < 4.78 is 10.8. The van der Waals surface area contributed by atoms with Crippen LogP contribution in [0.5, 0.6) is 5.75 Å². The molecule has 4 rings (SSSR count). The standard InChI is InChI=1S/C23H22ClN3O7S/c1-23(24)13-35-21-18(25-17(28)12-33-16-5-3-2-4-6-16)20(29)26(21)19(23)22(30)34-11-14-7-9-15(10-8-14)27(31)32/h2-10,18-19,21H,11-13H2,1H3,(H,25,28)/t18-,19+,21-,23-/m1/s1. The Morgan fingerprint density at radius 2 is 1.91 bits per heavy atom. The predicted octanol–water partition coefficient (Wildman–Crippen LogP) is 2.48. The molecule has 2 aliphatic rings. The number of β-lactam (4-membered cyclic amide) rings is 1. The lowest BCUT2D eigenvalue weighted by Crippen LogP contribution is -2.78. The molecule has 0 aromatic heterocycles. The Labute approximate surface area is 210 Å². The highest BCUT2D eigenvalue weighted by molar-refractivity contribution is 8.00. The summed E-state index contributed by atoms with van der Waals surface area (Å²) in [6.45, 7) is 1.28. The number of esters is 1. The van der Waals surface area contributed by atoms with Crippen LogP contribution in [0.25, 0.3) is 0 Å². The Morgan fingerprint density at radius 1 is 1.23 bits per heavy atom. The van der Waals surface area contributed by atoms with Crippen molar-refractivity contribution in [1.82, 2.24) is 10.2 Å². The third-order valence-corrected chi connectivity index (χ3v) is 7.75.